The molecular weight excluding hydrogens is 230 g/mol. The van der Waals surface area contributed by atoms with Crippen molar-refractivity contribution >= 4 is 5.91 Å². The molecule has 18 heavy (non-hydrogen) atoms. The first-order valence-corrected chi connectivity index (χ1v) is 6.28. The largest absolute Gasteiger partial charge is 0.376 e. The van der Waals surface area contributed by atoms with Crippen LogP contribution in [0.25, 0.3) is 0 Å². The molecule has 1 fully saturated rings. The third-order valence-electron chi connectivity index (χ3n) is 3.17. The van der Waals surface area contributed by atoms with Crippen molar-refractivity contribution in [3.8, 4) is 0 Å². The lowest BCUT2D eigenvalue weighted by atomic mass is 10.1. The van der Waals surface area contributed by atoms with E-state index in [1.807, 2.05) is 13.0 Å². The lowest BCUT2D eigenvalue weighted by Crippen LogP contribution is -2.41. The topological polar surface area (TPSA) is 77.2 Å². The molecule has 1 amide bonds. The fraction of sp³-hybridized carbons (Fsp3) is 0.538. The number of nitrogens with one attached hydrogen (secondary N) is 1. The van der Waals surface area contributed by atoms with Gasteiger partial charge in [0, 0.05) is 19.3 Å². The molecule has 0 aromatic carbocycles. The molecule has 1 aromatic rings. The molecule has 5 nitrogen and oxygen atoms in total. The summed E-state index contributed by atoms with van der Waals surface area (Å²) in [6.45, 7) is 3.18. The highest BCUT2D eigenvalue weighted by Crippen LogP contribution is 2.15. The van der Waals surface area contributed by atoms with Crippen molar-refractivity contribution in [2.75, 3.05) is 6.61 Å². The van der Waals surface area contributed by atoms with Crippen LogP contribution < -0.4 is 11.1 Å². The SMILES string of the molecule is CC(NC(=O)c1ccc(CN)cn1)C1CCCO1. The van der Waals surface area contributed by atoms with E-state index in [-0.39, 0.29) is 18.1 Å². The van der Waals surface area contributed by atoms with Crippen molar-refractivity contribution in [3.63, 3.8) is 0 Å². The van der Waals surface area contributed by atoms with Gasteiger partial charge in [-0.1, -0.05) is 6.07 Å². The molecule has 2 rings (SSSR count). The van der Waals surface area contributed by atoms with Crippen molar-refractivity contribution in [1.82, 2.24) is 10.3 Å². The van der Waals surface area contributed by atoms with Gasteiger partial charge in [-0.15, -0.1) is 0 Å². The molecule has 3 N–H and O–H groups in total. The summed E-state index contributed by atoms with van der Waals surface area (Å²) in [5, 5.41) is 2.92. The Morgan fingerprint density at radius 1 is 1.67 bits per heavy atom. The number of carbonyl (C=O) groups excluding carboxylic acids is 1. The highest BCUT2D eigenvalue weighted by Gasteiger charge is 2.24. The van der Waals surface area contributed by atoms with Crippen LogP contribution in [0.4, 0.5) is 0 Å². The van der Waals surface area contributed by atoms with Gasteiger partial charge in [0.25, 0.3) is 5.91 Å². The van der Waals surface area contributed by atoms with Crippen molar-refractivity contribution in [3.05, 3.63) is 29.6 Å². The lowest BCUT2D eigenvalue weighted by Gasteiger charge is -2.19. The van der Waals surface area contributed by atoms with Gasteiger partial charge in [-0.3, -0.25) is 9.78 Å². The molecule has 98 valence electrons. The van der Waals surface area contributed by atoms with Gasteiger partial charge in [0.15, 0.2) is 0 Å². The summed E-state index contributed by atoms with van der Waals surface area (Å²) in [4.78, 5) is 16.0. The standard InChI is InChI=1S/C13H19N3O2/c1-9(12-3-2-6-18-12)16-13(17)11-5-4-10(7-14)8-15-11/h4-5,8-9,12H,2-3,6-7,14H2,1H3,(H,16,17). The van der Waals surface area contributed by atoms with Crippen LogP contribution >= 0.6 is 0 Å². The number of pyridine rings is 1. The Balaban J connectivity index is 1.93. The van der Waals surface area contributed by atoms with E-state index in [0.29, 0.717) is 12.2 Å². The molecule has 0 bridgehead atoms. The van der Waals surface area contributed by atoms with E-state index in [4.69, 9.17) is 10.5 Å². The van der Waals surface area contributed by atoms with Crippen LogP contribution in [0.2, 0.25) is 0 Å². The molecule has 0 spiro atoms. The Hall–Kier alpha value is -1.46. The molecule has 5 heteroatoms. The van der Waals surface area contributed by atoms with E-state index in [1.165, 1.54) is 0 Å². The van der Waals surface area contributed by atoms with E-state index in [0.717, 1.165) is 25.0 Å². The summed E-state index contributed by atoms with van der Waals surface area (Å²) in [7, 11) is 0. The molecule has 0 radical (unpaired) electrons. The molecule has 2 heterocycles. The Kier molecular flexibility index (Phi) is 4.28. The Morgan fingerprint density at radius 3 is 3.06 bits per heavy atom. The van der Waals surface area contributed by atoms with Gasteiger partial charge < -0.3 is 15.8 Å². The zero-order chi connectivity index (χ0) is 13.0. The number of rotatable bonds is 4. The van der Waals surface area contributed by atoms with Gasteiger partial charge in [-0.05, 0) is 31.4 Å². The van der Waals surface area contributed by atoms with Crippen LogP contribution in [0.15, 0.2) is 18.3 Å². The molecule has 1 saturated heterocycles. The first-order chi connectivity index (χ1) is 8.70. The number of amides is 1. The maximum absolute atomic E-state index is 12.0. The molecule has 0 saturated carbocycles. The zero-order valence-electron chi connectivity index (χ0n) is 10.6. The highest BCUT2D eigenvalue weighted by atomic mass is 16.5. The quantitative estimate of drug-likeness (QED) is 0.829. The second-order valence-electron chi connectivity index (χ2n) is 4.57. The normalized spacial score (nSPS) is 20.7. The van der Waals surface area contributed by atoms with Gasteiger partial charge >= 0.3 is 0 Å². The van der Waals surface area contributed by atoms with Crippen LogP contribution in [0.1, 0.15) is 35.8 Å². The summed E-state index contributed by atoms with van der Waals surface area (Å²) in [6.07, 6.45) is 3.82. The van der Waals surface area contributed by atoms with E-state index >= 15 is 0 Å². The molecule has 1 aromatic heterocycles. The van der Waals surface area contributed by atoms with E-state index in [1.54, 1.807) is 12.3 Å². The fourth-order valence-electron chi connectivity index (χ4n) is 2.05. The summed E-state index contributed by atoms with van der Waals surface area (Å²) >= 11 is 0. The predicted octanol–water partition coefficient (Wildman–Crippen LogP) is 0.838. The van der Waals surface area contributed by atoms with Gasteiger partial charge in [0.05, 0.1) is 12.1 Å². The first-order valence-electron chi connectivity index (χ1n) is 6.28. The number of hydrogen-bond donors (Lipinski definition) is 2. The van der Waals surface area contributed by atoms with Crippen LogP contribution in [-0.2, 0) is 11.3 Å². The lowest BCUT2D eigenvalue weighted by molar-refractivity contribution is 0.0709. The second-order valence-corrected chi connectivity index (χ2v) is 4.57. The van der Waals surface area contributed by atoms with Gasteiger partial charge in [-0.25, -0.2) is 0 Å². The number of aromatic nitrogens is 1. The minimum absolute atomic E-state index is 0.0102. The summed E-state index contributed by atoms with van der Waals surface area (Å²) < 4.78 is 5.54. The summed E-state index contributed by atoms with van der Waals surface area (Å²) in [6, 6.07) is 3.52. The second kappa shape index (κ2) is 5.93. The minimum Gasteiger partial charge on any atom is -0.376 e. The van der Waals surface area contributed by atoms with Crippen molar-refractivity contribution in [1.29, 1.82) is 0 Å². The van der Waals surface area contributed by atoms with Crippen molar-refractivity contribution in [2.45, 2.75) is 38.5 Å². The minimum atomic E-state index is -0.165. The van der Waals surface area contributed by atoms with Gasteiger partial charge in [0.1, 0.15) is 5.69 Å². The molecule has 0 aliphatic carbocycles. The smallest absolute Gasteiger partial charge is 0.270 e. The average Bonchev–Trinajstić information content (AvgIpc) is 2.92. The number of carbonyl (C=O) groups is 1. The van der Waals surface area contributed by atoms with E-state index in [9.17, 15) is 4.79 Å². The van der Waals surface area contributed by atoms with E-state index in [2.05, 4.69) is 10.3 Å². The number of nitrogens with two attached hydrogens (primary N) is 1. The Labute approximate surface area is 107 Å². The average molecular weight is 249 g/mol. The van der Waals surface area contributed by atoms with Gasteiger partial charge in [-0.2, -0.15) is 0 Å². The van der Waals surface area contributed by atoms with Crippen LogP contribution in [0.5, 0.6) is 0 Å². The molecule has 2 unspecified atom stereocenters. The third-order valence-corrected chi connectivity index (χ3v) is 3.17. The molecule has 2 atom stereocenters. The number of ether oxygens (including phenoxy) is 1. The van der Waals surface area contributed by atoms with Crippen LogP contribution in [0.3, 0.4) is 0 Å². The first kappa shape index (κ1) is 13.0. The molecule has 1 aliphatic heterocycles. The van der Waals surface area contributed by atoms with Gasteiger partial charge in [0.2, 0.25) is 0 Å². The molecule has 1 aliphatic rings. The van der Waals surface area contributed by atoms with E-state index < -0.39 is 0 Å². The zero-order valence-corrected chi connectivity index (χ0v) is 10.6. The van der Waals surface area contributed by atoms with Crippen molar-refractivity contribution < 1.29 is 9.53 Å². The van der Waals surface area contributed by atoms with Crippen molar-refractivity contribution in [2.24, 2.45) is 5.73 Å². The monoisotopic (exact) mass is 249 g/mol. The summed E-state index contributed by atoms with van der Waals surface area (Å²) in [5.74, 6) is -0.165. The highest BCUT2D eigenvalue weighted by molar-refractivity contribution is 5.92. The maximum atomic E-state index is 12.0. The number of nitrogens with zero attached hydrogens (tertiary/aromatic N) is 1. The van der Waals surface area contributed by atoms with Crippen LogP contribution in [0, 0.1) is 0 Å². The van der Waals surface area contributed by atoms with Crippen LogP contribution in [-0.4, -0.2) is 29.6 Å². The molecular formula is C13H19N3O2. The summed E-state index contributed by atoms with van der Waals surface area (Å²) in [5.41, 5.74) is 6.81. The third kappa shape index (κ3) is 3.05. The fourth-order valence-corrected chi connectivity index (χ4v) is 2.05. The number of hydrogen-bond acceptors (Lipinski definition) is 4. The Bertz CT molecular complexity index is 399. The maximum Gasteiger partial charge on any atom is 0.270 e. The predicted molar refractivity (Wildman–Crippen MR) is 68.0 cm³/mol. The Morgan fingerprint density at radius 2 is 2.50 bits per heavy atom.